The molecule has 5 nitrogen and oxygen atoms in total. The number of carbonyl (C=O) groups is 1. The van der Waals surface area contributed by atoms with Gasteiger partial charge < -0.3 is 19.1 Å². The summed E-state index contributed by atoms with van der Waals surface area (Å²) in [5.74, 6) is 1.45. The van der Waals surface area contributed by atoms with Crippen LogP contribution in [-0.2, 0) is 22.5 Å². The molecule has 0 saturated carbocycles. The number of thiophene rings is 1. The lowest BCUT2D eigenvalue weighted by Gasteiger charge is -2.34. The molecule has 0 aliphatic carbocycles. The fraction of sp³-hybridized carbons (Fsp3) is 0.450. The van der Waals surface area contributed by atoms with Gasteiger partial charge in [0.2, 0.25) is 5.91 Å². The average Bonchev–Trinajstić information content (AvgIpc) is 3.20. The van der Waals surface area contributed by atoms with Crippen molar-refractivity contribution in [2.24, 2.45) is 0 Å². The van der Waals surface area contributed by atoms with Gasteiger partial charge >= 0.3 is 0 Å². The fourth-order valence-corrected chi connectivity index (χ4v) is 3.96. The van der Waals surface area contributed by atoms with Gasteiger partial charge in [0.15, 0.2) is 11.5 Å². The molecule has 1 aliphatic heterocycles. The molecule has 1 aromatic carbocycles. The molecule has 3 rings (SSSR count). The van der Waals surface area contributed by atoms with Crippen molar-refractivity contribution in [3.63, 3.8) is 0 Å². The van der Waals surface area contributed by atoms with E-state index in [1.54, 1.807) is 25.6 Å². The third-order valence-electron chi connectivity index (χ3n) is 4.66. The van der Waals surface area contributed by atoms with Crippen molar-refractivity contribution in [2.75, 3.05) is 27.4 Å². The molecule has 0 atom stereocenters. The molecule has 6 heteroatoms. The summed E-state index contributed by atoms with van der Waals surface area (Å²) in [5.41, 5.74) is 0.927. The number of nitrogens with zero attached hydrogens (tertiary/aromatic N) is 1. The lowest BCUT2D eigenvalue weighted by molar-refractivity contribution is -0.135. The van der Waals surface area contributed by atoms with Crippen molar-refractivity contribution in [1.82, 2.24) is 4.90 Å². The molecular weight excluding hydrogens is 350 g/mol. The van der Waals surface area contributed by atoms with Gasteiger partial charge in [-0.25, -0.2) is 0 Å². The van der Waals surface area contributed by atoms with E-state index < -0.39 is 0 Å². The first-order valence-corrected chi connectivity index (χ1v) is 9.69. The summed E-state index contributed by atoms with van der Waals surface area (Å²) in [6.07, 6.45) is 2.13. The minimum Gasteiger partial charge on any atom is -0.493 e. The number of rotatable bonds is 7. The highest BCUT2D eigenvalue weighted by Gasteiger charge is 2.26. The maximum Gasteiger partial charge on any atom is 0.227 e. The molecule has 0 unspecified atom stereocenters. The van der Waals surface area contributed by atoms with Crippen LogP contribution >= 0.6 is 11.3 Å². The molecule has 2 aromatic rings. The molecule has 1 saturated heterocycles. The molecule has 1 aliphatic rings. The van der Waals surface area contributed by atoms with Crippen molar-refractivity contribution in [2.45, 2.75) is 31.8 Å². The Morgan fingerprint density at radius 1 is 1.19 bits per heavy atom. The zero-order valence-electron chi connectivity index (χ0n) is 15.3. The molecule has 1 fully saturated rings. The van der Waals surface area contributed by atoms with Crippen LogP contribution in [0.3, 0.4) is 0 Å². The van der Waals surface area contributed by atoms with Crippen molar-refractivity contribution in [3.8, 4) is 11.5 Å². The Labute approximate surface area is 158 Å². The highest BCUT2D eigenvalue weighted by atomic mass is 32.1. The molecule has 26 heavy (non-hydrogen) atoms. The molecule has 140 valence electrons. The summed E-state index contributed by atoms with van der Waals surface area (Å²) in [6, 6.07) is 10.00. The Morgan fingerprint density at radius 2 is 1.96 bits per heavy atom. The van der Waals surface area contributed by atoms with Crippen LogP contribution in [0.25, 0.3) is 0 Å². The standard InChI is InChI=1S/C20H25NO4S/c1-23-18-6-5-15(12-19(18)24-2)13-20(22)21(14-17-4-3-11-26-17)16-7-9-25-10-8-16/h3-6,11-12,16H,7-10,13-14H2,1-2H3. The third kappa shape index (κ3) is 4.56. The molecule has 1 aromatic heterocycles. The number of ether oxygens (including phenoxy) is 3. The minimum absolute atomic E-state index is 0.137. The second-order valence-electron chi connectivity index (χ2n) is 6.31. The Hall–Kier alpha value is -2.05. The van der Waals surface area contributed by atoms with Crippen LogP contribution in [0.4, 0.5) is 0 Å². The maximum atomic E-state index is 13.1. The molecule has 2 heterocycles. The van der Waals surface area contributed by atoms with Gasteiger partial charge in [-0.3, -0.25) is 4.79 Å². The van der Waals surface area contributed by atoms with E-state index in [4.69, 9.17) is 14.2 Å². The van der Waals surface area contributed by atoms with Crippen LogP contribution in [0, 0.1) is 0 Å². The second kappa shape index (κ2) is 9.05. The number of amides is 1. The van der Waals surface area contributed by atoms with Crippen molar-refractivity contribution < 1.29 is 19.0 Å². The van der Waals surface area contributed by atoms with Gasteiger partial charge in [-0.2, -0.15) is 0 Å². The summed E-state index contributed by atoms with van der Waals surface area (Å²) < 4.78 is 16.1. The van der Waals surface area contributed by atoms with E-state index in [0.717, 1.165) is 31.6 Å². The summed E-state index contributed by atoms with van der Waals surface area (Å²) in [7, 11) is 3.21. The molecule has 0 radical (unpaired) electrons. The zero-order chi connectivity index (χ0) is 18.4. The van der Waals surface area contributed by atoms with E-state index in [1.165, 1.54) is 4.88 Å². The largest absolute Gasteiger partial charge is 0.493 e. The summed E-state index contributed by atoms with van der Waals surface area (Å²) >= 11 is 1.69. The fourth-order valence-electron chi connectivity index (χ4n) is 3.25. The van der Waals surface area contributed by atoms with Gasteiger partial charge in [-0.05, 0) is 42.0 Å². The van der Waals surface area contributed by atoms with E-state index >= 15 is 0 Å². The number of hydrogen-bond donors (Lipinski definition) is 0. The van der Waals surface area contributed by atoms with Crippen LogP contribution in [-0.4, -0.2) is 44.3 Å². The Bertz CT molecular complexity index is 711. The van der Waals surface area contributed by atoms with Gasteiger partial charge in [0, 0.05) is 24.1 Å². The van der Waals surface area contributed by atoms with Gasteiger partial charge in [0.05, 0.1) is 27.2 Å². The Kier molecular flexibility index (Phi) is 6.52. The first-order chi connectivity index (χ1) is 12.7. The van der Waals surface area contributed by atoms with E-state index in [0.29, 0.717) is 24.5 Å². The Morgan fingerprint density at radius 3 is 2.62 bits per heavy atom. The molecule has 0 N–H and O–H groups in total. The van der Waals surface area contributed by atoms with E-state index in [9.17, 15) is 4.79 Å². The van der Waals surface area contributed by atoms with E-state index in [-0.39, 0.29) is 11.9 Å². The smallest absolute Gasteiger partial charge is 0.227 e. The normalized spacial score (nSPS) is 14.8. The summed E-state index contributed by atoms with van der Waals surface area (Å²) in [5, 5.41) is 2.05. The van der Waals surface area contributed by atoms with E-state index in [1.807, 2.05) is 29.2 Å². The first-order valence-electron chi connectivity index (χ1n) is 8.81. The van der Waals surface area contributed by atoms with Crippen molar-refractivity contribution in [1.29, 1.82) is 0 Å². The van der Waals surface area contributed by atoms with Crippen LogP contribution in [0.5, 0.6) is 11.5 Å². The minimum atomic E-state index is 0.137. The summed E-state index contributed by atoms with van der Waals surface area (Å²) in [6.45, 7) is 2.10. The SMILES string of the molecule is COc1ccc(CC(=O)N(Cc2cccs2)C2CCOCC2)cc1OC. The lowest BCUT2D eigenvalue weighted by atomic mass is 10.0. The lowest BCUT2D eigenvalue weighted by Crippen LogP contribution is -2.43. The number of methoxy groups -OCH3 is 2. The highest BCUT2D eigenvalue weighted by molar-refractivity contribution is 7.09. The van der Waals surface area contributed by atoms with Crippen molar-refractivity contribution >= 4 is 17.2 Å². The van der Waals surface area contributed by atoms with Gasteiger partial charge in [0.1, 0.15) is 0 Å². The van der Waals surface area contributed by atoms with Crippen LogP contribution in [0.15, 0.2) is 35.7 Å². The van der Waals surface area contributed by atoms with Crippen LogP contribution in [0.2, 0.25) is 0 Å². The predicted octanol–water partition coefficient (Wildman–Crippen LogP) is 3.52. The number of benzene rings is 1. The maximum absolute atomic E-state index is 13.1. The molecular formula is C20H25NO4S. The summed E-state index contributed by atoms with van der Waals surface area (Å²) in [4.78, 5) is 16.3. The van der Waals surface area contributed by atoms with Crippen LogP contribution < -0.4 is 9.47 Å². The van der Waals surface area contributed by atoms with Gasteiger partial charge in [0.25, 0.3) is 0 Å². The molecule has 0 spiro atoms. The zero-order valence-corrected chi connectivity index (χ0v) is 16.1. The molecule has 0 bridgehead atoms. The predicted molar refractivity (Wildman–Crippen MR) is 102 cm³/mol. The second-order valence-corrected chi connectivity index (χ2v) is 7.34. The van der Waals surface area contributed by atoms with E-state index in [2.05, 4.69) is 11.4 Å². The topological polar surface area (TPSA) is 48.0 Å². The van der Waals surface area contributed by atoms with Gasteiger partial charge in [-0.15, -0.1) is 11.3 Å². The number of carbonyl (C=O) groups excluding carboxylic acids is 1. The quantitative estimate of drug-likeness (QED) is 0.743. The number of hydrogen-bond acceptors (Lipinski definition) is 5. The van der Waals surface area contributed by atoms with Crippen LogP contribution in [0.1, 0.15) is 23.3 Å². The van der Waals surface area contributed by atoms with Gasteiger partial charge in [-0.1, -0.05) is 12.1 Å². The average molecular weight is 375 g/mol. The highest BCUT2D eigenvalue weighted by Crippen LogP contribution is 2.28. The van der Waals surface area contributed by atoms with Crippen molar-refractivity contribution in [3.05, 3.63) is 46.2 Å². The Balaban J connectivity index is 1.76. The first kappa shape index (κ1) is 18.7. The monoisotopic (exact) mass is 375 g/mol. The molecule has 1 amide bonds. The third-order valence-corrected chi connectivity index (χ3v) is 5.52.